The minimum absolute atomic E-state index is 0.144. The number of hydrogen-bond donors (Lipinski definition) is 0. The molecule has 0 unspecified atom stereocenters. The second-order valence-corrected chi connectivity index (χ2v) is 8.59. The first-order chi connectivity index (χ1) is 13.8. The Morgan fingerprint density at radius 3 is 2.52 bits per heavy atom. The van der Waals surface area contributed by atoms with Crippen molar-refractivity contribution < 1.29 is 14.3 Å². The third-order valence-electron chi connectivity index (χ3n) is 4.31. The van der Waals surface area contributed by atoms with Gasteiger partial charge in [0.1, 0.15) is 0 Å². The van der Waals surface area contributed by atoms with Gasteiger partial charge in [-0.15, -0.1) is 0 Å². The Bertz CT molecular complexity index is 1000. The Kier molecular flexibility index (Phi) is 6.88. The maximum Gasteiger partial charge on any atom is 0.270 e. The standard InChI is InChI=1S/C22H22ClNO3S2/c1-5-26-18-11-15(10-16(23)20(18)27-6-2)12-19-21(25)24(22(28)29-19)17-8-7-13(3)9-14(17)4/h7-12H,5-6H2,1-4H3/b19-12-. The number of ether oxygens (including phenoxy) is 2. The largest absolute Gasteiger partial charge is 0.490 e. The number of nitrogens with zero attached hydrogens (tertiary/aromatic N) is 1. The summed E-state index contributed by atoms with van der Waals surface area (Å²) in [4.78, 5) is 15.2. The number of amides is 1. The van der Waals surface area contributed by atoms with E-state index in [2.05, 4.69) is 0 Å². The molecular formula is C22H22ClNO3S2. The highest BCUT2D eigenvalue weighted by molar-refractivity contribution is 8.27. The predicted molar refractivity (Wildman–Crippen MR) is 125 cm³/mol. The van der Waals surface area contributed by atoms with E-state index in [0.717, 1.165) is 22.4 Å². The van der Waals surface area contributed by atoms with E-state index < -0.39 is 0 Å². The van der Waals surface area contributed by atoms with Crippen LogP contribution in [0.5, 0.6) is 11.5 Å². The van der Waals surface area contributed by atoms with Gasteiger partial charge in [0.15, 0.2) is 15.8 Å². The lowest BCUT2D eigenvalue weighted by atomic mass is 10.1. The monoisotopic (exact) mass is 447 g/mol. The molecule has 0 atom stereocenters. The molecule has 4 nitrogen and oxygen atoms in total. The van der Waals surface area contributed by atoms with Crippen LogP contribution in [0.3, 0.4) is 0 Å². The van der Waals surface area contributed by atoms with Gasteiger partial charge in [-0.1, -0.05) is 53.3 Å². The van der Waals surface area contributed by atoms with Crippen LogP contribution in [0.4, 0.5) is 5.69 Å². The maximum atomic E-state index is 13.1. The van der Waals surface area contributed by atoms with Gasteiger partial charge >= 0.3 is 0 Å². The Balaban J connectivity index is 1.97. The molecule has 0 N–H and O–H groups in total. The number of hydrogen-bond acceptors (Lipinski definition) is 5. The maximum absolute atomic E-state index is 13.1. The first-order valence-corrected chi connectivity index (χ1v) is 10.9. The molecule has 0 aliphatic carbocycles. The van der Waals surface area contributed by atoms with Crippen molar-refractivity contribution in [3.8, 4) is 11.5 Å². The van der Waals surface area contributed by atoms with Gasteiger partial charge < -0.3 is 9.47 Å². The van der Waals surface area contributed by atoms with Gasteiger partial charge in [-0.05, 0) is 63.1 Å². The lowest BCUT2D eigenvalue weighted by molar-refractivity contribution is -0.113. The van der Waals surface area contributed by atoms with Crippen LogP contribution in [0.15, 0.2) is 35.2 Å². The van der Waals surface area contributed by atoms with E-state index >= 15 is 0 Å². The van der Waals surface area contributed by atoms with Crippen LogP contribution in [0, 0.1) is 13.8 Å². The summed E-state index contributed by atoms with van der Waals surface area (Å²) in [5.41, 5.74) is 3.70. The number of thioether (sulfide) groups is 1. The minimum Gasteiger partial charge on any atom is -0.490 e. The lowest BCUT2D eigenvalue weighted by Crippen LogP contribution is -2.28. The zero-order chi connectivity index (χ0) is 21.1. The van der Waals surface area contributed by atoms with Crippen LogP contribution in [-0.2, 0) is 4.79 Å². The number of aryl methyl sites for hydroxylation is 2. The topological polar surface area (TPSA) is 38.8 Å². The van der Waals surface area contributed by atoms with E-state index in [0.29, 0.717) is 39.0 Å². The van der Waals surface area contributed by atoms with Gasteiger partial charge in [0.25, 0.3) is 5.91 Å². The van der Waals surface area contributed by atoms with E-state index in [4.69, 9.17) is 33.3 Å². The summed E-state index contributed by atoms with van der Waals surface area (Å²) >= 11 is 13.2. The minimum atomic E-state index is -0.144. The van der Waals surface area contributed by atoms with E-state index in [1.54, 1.807) is 17.0 Å². The molecule has 1 fully saturated rings. The second kappa shape index (κ2) is 9.20. The molecule has 1 aliphatic heterocycles. The highest BCUT2D eigenvalue weighted by Gasteiger charge is 2.34. The van der Waals surface area contributed by atoms with Crippen molar-refractivity contribution in [2.75, 3.05) is 18.1 Å². The van der Waals surface area contributed by atoms with Gasteiger partial charge in [-0.25, -0.2) is 0 Å². The van der Waals surface area contributed by atoms with Crippen molar-refractivity contribution >= 4 is 57.6 Å². The van der Waals surface area contributed by atoms with E-state index in [1.807, 2.05) is 52.0 Å². The molecule has 3 rings (SSSR count). The van der Waals surface area contributed by atoms with Crippen LogP contribution in [0.2, 0.25) is 5.02 Å². The molecule has 29 heavy (non-hydrogen) atoms. The van der Waals surface area contributed by atoms with Crippen molar-refractivity contribution in [2.24, 2.45) is 0 Å². The first kappa shape index (κ1) is 21.7. The van der Waals surface area contributed by atoms with Crippen molar-refractivity contribution in [1.29, 1.82) is 0 Å². The molecule has 1 saturated heterocycles. The molecule has 0 bridgehead atoms. The lowest BCUT2D eigenvalue weighted by Gasteiger charge is -2.17. The average molecular weight is 448 g/mol. The third kappa shape index (κ3) is 4.60. The number of benzene rings is 2. The zero-order valence-electron chi connectivity index (χ0n) is 16.7. The fourth-order valence-corrected chi connectivity index (χ4v) is 4.66. The van der Waals surface area contributed by atoms with Crippen LogP contribution in [0.25, 0.3) is 6.08 Å². The van der Waals surface area contributed by atoms with Gasteiger partial charge in [0.05, 0.1) is 28.8 Å². The number of carbonyl (C=O) groups excluding carboxylic acids is 1. The number of rotatable bonds is 6. The Labute approximate surface area is 185 Å². The van der Waals surface area contributed by atoms with Gasteiger partial charge in [-0.2, -0.15) is 0 Å². The zero-order valence-corrected chi connectivity index (χ0v) is 19.1. The Hall–Kier alpha value is -2.02. The van der Waals surface area contributed by atoms with Gasteiger partial charge in [0, 0.05) is 0 Å². The summed E-state index contributed by atoms with van der Waals surface area (Å²) in [6.45, 7) is 8.74. The smallest absolute Gasteiger partial charge is 0.270 e. The first-order valence-electron chi connectivity index (χ1n) is 9.30. The van der Waals surface area contributed by atoms with Crippen molar-refractivity contribution in [1.82, 2.24) is 0 Å². The van der Waals surface area contributed by atoms with Crippen molar-refractivity contribution in [2.45, 2.75) is 27.7 Å². The fourth-order valence-electron chi connectivity index (χ4n) is 3.10. The molecule has 0 aromatic heterocycles. The predicted octanol–water partition coefficient (Wildman–Crippen LogP) is 6.16. The van der Waals surface area contributed by atoms with Crippen LogP contribution >= 0.6 is 35.6 Å². The second-order valence-electron chi connectivity index (χ2n) is 6.50. The molecule has 0 saturated carbocycles. The van der Waals surface area contributed by atoms with E-state index in [1.165, 1.54) is 11.8 Å². The molecule has 1 heterocycles. The summed E-state index contributed by atoms with van der Waals surface area (Å²) in [5, 5.41) is 0.439. The highest BCUT2D eigenvalue weighted by atomic mass is 35.5. The summed E-state index contributed by atoms with van der Waals surface area (Å²) < 4.78 is 11.8. The van der Waals surface area contributed by atoms with Crippen LogP contribution < -0.4 is 14.4 Å². The molecule has 152 valence electrons. The average Bonchev–Trinajstić information content (AvgIpc) is 2.92. The van der Waals surface area contributed by atoms with E-state index in [9.17, 15) is 4.79 Å². The molecule has 2 aromatic carbocycles. The number of halogens is 1. The molecule has 7 heteroatoms. The highest BCUT2D eigenvalue weighted by Crippen LogP contribution is 2.40. The molecule has 0 spiro atoms. The SMILES string of the molecule is CCOc1cc(/C=C2\SC(=S)N(c3ccc(C)cc3C)C2=O)cc(Cl)c1OCC. The third-order valence-corrected chi connectivity index (χ3v) is 5.89. The van der Waals surface area contributed by atoms with Crippen LogP contribution in [-0.4, -0.2) is 23.4 Å². The Morgan fingerprint density at radius 2 is 1.86 bits per heavy atom. The molecule has 1 amide bonds. The Morgan fingerprint density at radius 1 is 1.14 bits per heavy atom. The number of thiocarbonyl (C=S) groups is 1. The number of carbonyl (C=O) groups is 1. The van der Waals surface area contributed by atoms with Crippen LogP contribution in [0.1, 0.15) is 30.5 Å². The number of anilines is 1. The molecule has 0 radical (unpaired) electrons. The summed E-state index contributed by atoms with van der Waals surface area (Å²) in [5.74, 6) is 0.920. The van der Waals surface area contributed by atoms with Crippen molar-refractivity contribution in [3.63, 3.8) is 0 Å². The molecule has 1 aliphatic rings. The summed E-state index contributed by atoms with van der Waals surface area (Å²) in [6.07, 6.45) is 1.78. The van der Waals surface area contributed by atoms with Gasteiger partial charge in [-0.3, -0.25) is 9.69 Å². The fraction of sp³-hybridized carbons (Fsp3) is 0.273. The summed E-state index contributed by atoms with van der Waals surface area (Å²) in [7, 11) is 0. The molecular weight excluding hydrogens is 426 g/mol. The normalized spacial score (nSPS) is 15.3. The van der Waals surface area contributed by atoms with E-state index in [-0.39, 0.29) is 5.91 Å². The molecule has 2 aromatic rings. The van der Waals surface area contributed by atoms with Gasteiger partial charge in [0.2, 0.25) is 0 Å². The van der Waals surface area contributed by atoms with Crippen molar-refractivity contribution in [3.05, 3.63) is 56.9 Å². The quantitative estimate of drug-likeness (QED) is 0.391. The summed E-state index contributed by atoms with van der Waals surface area (Å²) in [6, 6.07) is 9.53.